The van der Waals surface area contributed by atoms with Crippen LogP contribution in [0.4, 0.5) is 17.2 Å². The number of benzene rings is 1. The Bertz CT molecular complexity index is 677. The van der Waals surface area contributed by atoms with Crippen molar-refractivity contribution in [3.63, 3.8) is 0 Å². The first-order valence-corrected chi connectivity index (χ1v) is 6.87. The summed E-state index contributed by atoms with van der Waals surface area (Å²) in [6.07, 6.45) is 1.72. The summed E-state index contributed by atoms with van der Waals surface area (Å²) in [5, 5.41) is 7.45. The van der Waals surface area contributed by atoms with Crippen LogP contribution in [0.2, 0.25) is 0 Å². The van der Waals surface area contributed by atoms with Crippen LogP contribution in [0.15, 0.2) is 59.4 Å². The number of thiophene rings is 1. The maximum Gasteiger partial charge on any atom is 0.153 e. The van der Waals surface area contributed by atoms with Crippen LogP contribution in [0.25, 0.3) is 11.1 Å². The summed E-state index contributed by atoms with van der Waals surface area (Å²) in [7, 11) is 0. The van der Waals surface area contributed by atoms with Gasteiger partial charge in [-0.3, -0.25) is 0 Å². The lowest BCUT2D eigenvalue weighted by Gasteiger charge is -2.09. The van der Waals surface area contributed by atoms with Crippen LogP contribution in [0.5, 0.6) is 0 Å². The molecule has 0 unspecified atom stereocenters. The van der Waals surface area contributed by atoms with E-state index < -0.39 is 0 Å². The van der Waals surface area contributed by atoms with Crippen LogP contribution in [0.3, 0.4) is 0 Å². The molecule has 19 heavy (non-hydrogen) atoms. The molecule has 0 bridgehead atoms. The highest BCUT2D eigenvalue weighted by atomic mass is 32.1. The zero-order valence-corrected chi connectivity index (χ0v) is 11.0. The molecule has 2 heterocycles. The summed E-state index contributed by atoms with van der Waals surface area (Å²) in [4.78, 5) is 4.23. The molecule has 0 saturated heterocycles. The summed E-state index contributed by atoms with van der Waals surface area (Å²) >= 11 is 1.69. The van der Waals surface area contributed by atoms with Gasteiger partial charge in [-0.2, -0.15) is 11.3 Å². The van der Waals surface area contributed by atoms with Gasteiger partial charge in [0.1, 0.15) is 0 Å². The van der Waals surface area contributed by atoms with E-state index in [1.807, 2.05) is 24.3 Å². The van der Waals surface area contributed by atoms with Crippen molar-refractivity contribution in [1.29, 1.82) is 0 Å². The molecule has 3 aromatic rings. The van der Waals surface area contributed by atoms with Crippen LogP contribution in [-0.2, 0) is 0 Å². The predicted molar refractivity (Wildman–Crippen MR) is 81.7 cm³/mol. The molecule has 0 aliphatic rings. The second-order valence-corrected chi connectivity index (χ2v) is 4.94. The molecular weight excluding hydrogens is 254 g/mol. The molecule has 3 N–H and O–H groups in total. The molecule has 2 aromatic heterocycles. The van der Waals surface area contributed by atoms with Gasteiger partial charge in [0.15, 0.2) is 5.82 Å². The van der Waals surface area contributed by atoms with Gasteiger partial charge >= 0.3 is 0 Å². The molecule has 0 spiro atoms. The van der Waals surface area contributed by atoms with Crippen molar-refractivity contribution < 1.29 is 0 Å². The lowest BCUT2D eigenvalue weighted by molar-refractivity contribution is 1.31. The fourth-order valence-electron chi connectivity index (χ4n) is 1.86. The number of nitrogens with one attached hydrogen (secondary N) is 1. The van der Waals surface area contributed by atoms with E-state index in [0.717, 1.165) is 5.69 Å². The third-order valence-electron chi connectivity index (χ3n) is 2.82. The number of nitrogens with zero attached hydrogens (tertiary/aromatic N) is 1. The van der Waals surface area contributed by atoms with E-state index >= 15 is 0 Å². The number of pyridine rings is 1. The normalized spacial score (nSPS) is 10.3. The van der Waals surface area contributed by atoms with Crippen molar-refractivity contribution in [3.8, 4) is 11.1 Å². The highest BCUT2D eigenvalue weighted by molar-refractivity contribution is 7.08. The Balaban J connectivity index is 1.90. The van der Waals surface area contributed by atoms with Gasteiger partial charge in [-0.05, 0) is 52.2 Å². The minimum Gasteiger partial charge on any atom is -0.396 e. The molecule has 0 amide bonds. The standard InChI is InChI=1S/C15H13N3S/c16-14-5-2-7-17-15(14)18-13-4-1-3-11(9-13)12-6-8-19-10-12/h1-10H,16H2,(H,17,18). The Morgan fingerprint density at radius 2 is 2.00 bits per heavy atom. The summed E-state index contributed by atoms with van der Waals surface area (Å²) in [5.74, 6) is 0.685. The Morgan fingerprint density at radius 1 is 1.05 bits per heavy atom. The monoisotopic (exact) mass is 267 g/mol. The maximum atomic E-state index is 5.88. The largest absolute Gasteiger partial charge is 0.396 e. The minimum absolute atomic E-state index is 0.642. The van der Waals surface area contributed by atoms with Gasteiger partial charge in [0, 0.05) is 11.9 Å². The van der Waals surface area contributed by atoms with Gasteiger partial charge in [0.25, 0.3) is 0 Å². The topological polar surface area (TPSA) is 50.9 Å². The van der Waals surface area contributed by atoms with Gasteiger partial charge in [0.05, 0.1) is 5.69 Å². The molecule has 0 aliphatic heterocycles. The summed E-state index contributed by atoms with van der Waals surface area (Å²) in [6, 6.07) is 14.0. The predicted octanol–water partition coefficient (Wildman–Crippen LogP) is 4.14. The zero-order chi connectivity index (χ0) is 13.1. The molecule has 0 saturated carbocycles. The molecule has 3 rings (SSSR count). The number of nitrogens with two attached hydrogens (primary N) is 1. The lowest BCUT2D eigenvalue weighted by atomic mass is 10.1. The minimum atomic E-state index is 0.642. The summed E-state index contributed by atoms with van der Waals surface area (Å²) in [5.41, 5.74) is 9.91. The number of aromatic nitrogens is 1. The zero-order valence-electron chi connectivity index (χ0n) is 10.2. The summed E-state index contributed by atoms with van der Waals surface area (Å²) < 4.78 is 0. The van der Waals surface area contributed by atoms with E-state index in [9.17, 15) is 0 Å². The fourth-order valence-corrected chi connectivity index (χ4v) is 2.53. The quantitative estimate of drug-likeness (QED) is 0.750. The molecular formula is C15H13N3S. The van der Waals surface area contributed by atoms with Gasteiger partial charge in [-0.25, -0.2) is 4.98 Å². The van der Waals surface area contributed by atoms with Crippen molar-refractivity contribution in [2.45, 2.75) is 0 Å². The first-order valence-electron chi connectivity index (χ1n) is 5.93. The second kappa shape index (κ2) is 5.12. The second-order valence-electron chi connectivity index (χ2n) is 4.16. The van der Waals surface area contributed by atoms with Crippen molar-refractivity contribution in [2.75, 3.05) is 11.1 Å². The van der Waals surface area contributed by atoms with Crippen LogP contribution in [-0.4, -0.2) is 4.98 Å². The first kappa shape index (κ1) is 11.7. The average molecular weight is 267 g/mol. The van der Waals surface area contributed by atoms with Gasteiger partial charge < -0.3 is 11.1 Å². The van der Waals surface area contributed by atoms with Gasteiger partial charge in [0.2, 0.25) is 0 Å². The van der Waals surface area contributed by atoms with Crippen LogP contribution >= 0.6 is 11.3 Å². The Morgan fingerprint density at radius 3 is 2.79 bits per heavy atom. The van der Waals surface area contributed by atoms with E-state index in [1.54, 1.807) is 17.5 Å². The van der Waals surface area contributed by atoms with Crippen molar-refractivity contribution >= 4 is 28.5 Å². The third kappa shape index (κ3) is 2.58. The highest BCUT2D eigenvalue weighted by Crippen LogP contribution is 2.27. The van der Waals surface area contributed by atoms with Crippen LogP contribution < -0.4 is 11.1 Å². The Kier molecular flexibility index (Phi) is 3.16. The first-order chi connectivity index (χ1) is 9.33. The van der Waals surface area contributed by atoms with E-state index in [0.29, 0.717) is 11.5 Å². The number of anilines is 3. The molecule has 4 heteroatoms. The fraction of sp³-hybridized carbons (Fsp3) is 0. The smallest absolute Gasteiger partial charge is 0.153 e. The van der Waals surface area contributed by atoms with Crippen molar-refractivity contribution in [1.82, 2.24) is 4.98 Å². The van der Waals surface area contributed by atoms with Gasteiger partial charge in [-0.1, -0.05) is 12.1 Å². The Hall–Kier alpha value is -2.33. The lowest BCUT2D eigenvalue weighted by Crippen LogP contribution is -1.98. The van der Waals surface area contributed by atoms with Crippen LogP contribution in [0, 0.1) is 0 Å². The average Bonchev–Trinajstić information content (AvgIpc) is 2.96. The highest BCUT2D eigenvalue weighted by Gasteiger charge is 2.02. The van der Waals surface area contributed by atoms with E-state index in [1.165, 1.54) is 11.1 Å². The number of nitrogen functional groups attached to an aromatic ring is 1. The maximum absolute atomic E-state index is 5.88. The molecule has 0 fully saturated rings. The molecule has 0 atom stereocenters. The van der Waals surface area contributed by atoms with E-state index in [2.05, 4.69) is 39.3 Å². The van der Waals surface area contributed by atoms with Crippen LogP contribution in [0.1, 0.15) is 0 Å². The molecule has 3 nitrogen and oxygen atoms in total. The number of rotatable bonds is 3. The van der Waals surface area contributed by atoms with Crippen molar-refractivity contribution in [3.05, 3.63) is 59.4 Å². The number of hydrogen-bond acceptors (Lipinski definition) is 4. The van der Waals surface area contributed by atoms with E-state index in [-0.39, 0.29) is 0 Å². The SMILES string of the molecule is Nc1cccnc1Nc1cccc(-c2ccsc2)c1. The molecule has 0 aliphatic carbocycles. The van der Waals surface area contributed by atoms with E-state index in [4.69, 9.17) is 5.73 Å². The molecule has 1 aromatic carbocycles. The van der Waals surface area contributed by atoms with Crippen molar-refractivity contribution in [2.24, 2.45) is 0 Å². The van der Waals surface area contributed by atoms with Gasteiger partial charge in [-0.15, -0.1) is 0 Å². The summed E-state index contributed by atoms with van der Waals surface area (Å²) in [6.45, 7) is 0. The number of hydrogen-bond donors (Lipinski definition) is 2. The third-order valence-corrected chi connectivity index (χ3v) is 3.50. The molecule has 94 valence electrons. The Labute approximate surface area is 115 Å². The molecule has 0 radical (unpaired) electrons.